The lowest BCUT2D eigenvalue weighted by Crippen LogP contribution is -2.50. The van der Waals surface area contributed by atoms with Gasteiger partial charge >= 0.3 is 0 Å². The summed E-state index contributed by atoms with van der Waals surface area (Å²) in [5.41, 5.74) is 2.17. The van der Waals surface area contributed by atoms with E-state index in [1.165, 1.54) is 23.4 Å². The van der Waals surface area contributed by atoms with Crippen LogP contribution in [-0.4, -0.2) is 55.6 Å². The number of benzene rings is 2. The van der Waals surface area contributed by atoms with Crippen molar-refractivity contribution in [1.29, 1.82) is 0 Å². The Morgan fingerprint density at radius 2 is 1.61 bits per heavy atom. The molecule has 0 atom stereocenters. The molecule has 0 radical (unpaired) electrons. The van der Waals surface area contributed by atoms with Crippen LogP contribution in [0.4, 0.5) is 5.69 Å². The molecule has 3 rings (SSSR count). The third kappa shape index (κ3) is 4.40. The quantitative estimate of drug-likeness (QED) is 0.850. The van der Waals surface area contributed by atoms with E-state index in [2.05, 4.69) is 5.32 Å². The zero-order valence-electron chi connectivity index (χ0n) is 15.9. The minimum Gasteiger partial charge on any atom is -0.336 e. The second-order valence-electron chi connectivity index (χ2n) is 6.77. The SMILES string of the molecule is CC(=O)Nc1ccc(S(=O)(=O)N2CCN(C(=O)c3cccc(C)c3)CC2)cc1. The highest BCUT2D eigenvalue weighted by Crippen LogP contribution is 2.20. The van der Waals surface area contributed by atoms with Crippen LogP contribution in [0.5, 0.6) is 0 Å². The molecule has 7 nitrogen and oxygen atoms in total. The first-order valence-corrected chi connectivity index (χ1v) is 10.4. The van der Waals surface area contributed by atoms with E-state index in [0.29, 0.717) is 24.3 Å². The molecule has 2 aromatic rings. The van der Waals surface area contributed by atoms with Crippen molar-refractivity contribution < 1.29 is 18.0 Å². The summed E-state index contributed by atoms with van der Waals surface area (Å²) in [6.45, 7) is 4.49. The van der Waals surface area contributed by atoms with Gasteiger partial charge in [-0.2, -0.15) is 4.31 Å². The number of aryl methyl sites for hydroxylation is 1. The molecular formula is C20H23N3O4S. The minimum absolute atomic E-state index is 0.0830. The number of sulfonamides is 1. The summed E-state index contributed by atoms with van der Waals surface area (Å²) in [6.07, 6.45) is 0. The van der Waals surface area contributed by atoms with Gasteiger partial charge in [0, 0.05) is 44.4 Å². The first-order chi connectivity index (χ1) is 13.3. The lowest BCUT2D eigenvalue weighted by molar-refractivity contribution is -0.114. The maximum atomic E-state index is 12.8. The van der Waals surface area contributed by atoms with E-state index in [0.717, 1.165) is 5.56 Å². The number of piperazine rings is 1. The van der Waals surface area contributed by atoms with E-state index in [1.807, 2.05) is 25.1 Å². The number of nitrogens with zero attached hydrogens (tertiary/aromatic N) is 2. The number of nitrogens with one attached hydrogen (secondary N) is 1. The van der Waals surface area contributed by atoms with Crippen molar-refractivity contribution >= 4 is 27.5 Å². The molecule has 1 aliphatic rings. The van der Waals surface area contributed by atoms with Crippen molar-refractivity contribution in [3.05, 3.63) is 59.7 Å². The van der Waals surface area contributed by atoms with Gasteiger partial charge in [0.05, 0.1) is 4.90 Å². The third-order valence-electron chi connectivity index (χ3n) is 4.60. The molecule has 148 valence electrons. The van der Waals surface area contributed by atoms with Crippen LogP contribution in [0.1, 0.15) is 22.8 Å². The smallest absolute Gasteiger partial charge is 0.253 e. The van der Waals surface area contributed by atoms with E-state index in [9.17, 15) is 18.0 Å². The Labute approximate surface area is 165 Å². The molecule has 0 saturated carbocycles. The highest BCUT2D eigenvalue weighted by Gasteiger charge is 2.30. The predicted molar refractivity (Wildman–Crippen MR) is 107 cm³/mol. The summed E-state index contributed by atoms with van der Waals surface area (Å²) in [5.74, 6) is -0.301. The second-order valence-corrected chi connectivity index (χ2v) is 8.71. The van der Waals surface area contributed by atoms with E-state index in [-0.39, 0.29) is 29.8 Å². The molecule has 2 aromatic carbocycles. The monoisotopic (exact) mass is 401 g/mol. The van der Waals surface area contributed by atoms with Crippen molar-refractivity contribution in [2.75, 3.05) is 31.5 Å². The van der Waals surface area contributed by atoms with Crippen LogP contribution in [0.15, 0.2) is 53.4 Å². The molecule has 0 unspecified atom stereocenters. The molecule has 0 spiro atoms. The number of carbonyl (C=O) groups excluding carboxylic acids is 2. The predicted octanol–water partition coefficient (Wildman–Crippen LogP) is 2.10. The summed E-state index contributed by atoms with van der Waals surface area (Å²) in [4.78, 5) is 25.6. The fourth-order valence-electron chi connectivity index (χ4n) is 3.15. The molecular weight excluding hydrogens is 378 g/mol. The summed E-state index contributed by atoms with van der Waals surface area (Å²) in [6, 6.07) is 13.5. The molecule has 8 heteroatoms. The number of hydrogen-bond donors (Lipinski definition) is 1. The zero-order valence-corrected chi connectivity index (χ0v) is 16.7. The lowest BCUT2D eigenvalue weighted by Gasteiger charge is -2.34. The van der Waals surface area contributed by atoms with Gasteiger partial charge in [-0.1, -0.05) is 17.7 Å². The van der Waals surface area contributed by atoms with Gasteiger partial charge in [-0.15, -0.1) is 0 Å². The van der Waals surface area contributed by atoms with Crippen molar-refractivity contribution in [1.82, 2.24) is 9.21 Å². The number of carbonyl (C=O) groups is 2. The van der Waals surface area contributed by atoms with Gasteiger partial charge in [0.1, 0.15) is 0 Å². The molecule has 1 saturated heterocycles. The van der Waals surface area contributed by atoms with Crippen LogP contribution in [-0.2, 0) is 14.8 Å². The van der Waals surface area contributed by atoms with Crippen LogP contribution in [0.25, 0.3) is 0 Å². The molecule has 0 bridgehead atoms. The average molecular weight is 401 g/mol. The largest absolute Gasteiger partial charge is 0.336 e. The van der Waals surface area contributed by atoms with Crippen molar-refractivity contribution in [2.45, 2.75) is 18.7 Å². The zero-order chi connectivity index (χ0) is 20.3. The molecule has 0 aliphatic carbocycles. The summed E-state index contributed by atoms with van der Waals surface area (Å²) in [5, 5.41) is 2.61. The van der Waals surface area contributed by atoms with Gasteiger partial charge in [-0.25, -0.2) is 8.42 Å². The molecule has 1 N–H and O–H groups in total. The Morgan fingerprint density at radius 1 is 0.964 bits per heavy atom. The molecule has 0 aromatic heterocycles. The molecule has 2 amide bonds. The first kappa shape index (κ1) is 20.0. The topological polar surface area (TPSA) is 86.8 Å². The third-order valence-corrected chi connectivity index (χ3v) is 6.52. The molecule has 1 heterocycles. The Morgan fingerprint density at radius 3 is 2.18 bits per heavy atom. The van der Waals surface area contributed by atoms with E-state index >= 15 is 0 Å². The number of amides is 2. The Bertz CT molecular complexity index is 979. The first-order valence-electron chi connectivity index (χ1n) is 9.01. The normalized spacial score (nSPS) is 15.3. The Kier molecular flexibility index (Phi) is 5.81. The van der Waals surface area contributed by atoms with Gasteiger partial charge in [0.15, 0.2) is 0 Å². The van der Waals surface area contributed by atoms with Gasteiger partial charge in [-0.3, -0.25) is 9.59 Å². The summed E-state index contributed by atoms with van der Waals surface area (Å²) >= 11 is 0. The van der Waals surface area contributed by atoms with Crippen molar-refractivity contribution in [3.8, 4) is 0 Å². The van der Waals surface area contributed by atoms with E-state index < -0.39 is 10.0 Å². The van der Waals surface area contributed by atoms with Gasteiger partial charge in [0.2, 0.25) is 15.9 Å². The standard InChI is InChI=1S/C20H23N3O4S/c1-15-4-3-5-17(14-15)20(25)22-10-12-23(13-11-22)28(26,27)19-8-6-18(7-9-19)21-16(2)24/h3-9,14H,10-13H2,1-2H3,(H,21,24). The number of rotatable bonds is 4. The van der Waals surface area contributed by atoms with Crippen LogP contribution in [0, 0.1) is 6.92 Å². The molecule has 1 aliphatic heterocycles. The maximum Gasteiger partial charge on any atom is 0.253 e. The fraction of sp³-hybridized carbons (Fsp3) is 0.300. The number of anilines is 1. The highest BCUT2D eigenvalue weighted by atomic mass is 32.2. The minimum atomic E-state index is -3.65. The lowest BCUT2D eigenvalue weighted by atomic mass is 10.1. The molecule has 1 fully saturated rings. The van der Waals surface area contributed by atoms with Gasteiger partial charge in [0.25, 0.3) is 5.91 Å². The van der Waals surface area contributed by atoms with Crippen LogP contribution >= 0.6 is 0 Å². The maximum absolute atomic E-state index is 12.8. The van der Waals surface area contributed by atoms with Gasteiger partial charge < -0.3 is 10.2 Å². The van der Waals surface area contributed by atoms with Crippen molar-refractivity contribution in [2.24, 2.45) is 0 Å². The Balaban J connectivity index is 1.66. The van der Waals surface area contributed by atoms with E-state index in [4.69, 9.17) is 0 Å². The Hall–Kier alpha value is -2.71. The van der Waals surface area contributed by atoms with E-state index in [1.54, 1.807) is 23.1 Å². The summed E-state index contributed by atoms with van der Waals surface area (Å²) < 4.78 is 27.1. The fourth-order valence-corrected chi connectivity index (χ4v) is 4.58. The number of hydrogen-bond acceptors (Lipinski definition) is 4. The molecule has 28 heavy (non-hydrogen) atoms. The van der Waals surface area contributed by atoms with Crippen LogP contribution < -0.4 is 5.32 Å². The van der Waals surface area contributed by atoms with Crippen LogP contribution in [0.3, 0.4) is 0 Å². The van der Waals surface area contributed by atoms with Gasteiger partial charge in [-0.05, 0) is 43.3 Å². The van der Waals surface area contributed by atoms with Crippen molar-refractivity contribution in [3.63, 3.8) is 0 Å². The van der Waals surface area contributed by atoms with Crippen LogP contribution in [0.2, 0.25) is 0 Å². The average Bonchev–Trinajstić information content (AvgIpc) is 2.67. The summed E-state index contributed by atoms with van der Waals surface area (Å²) in [7, 11) is -3.65. The highest BCUT2D eigenvalue weighted by molar-refractivity contribution is 7.89. The second kappa shape index (κ2) is 8.12.